The fraction of sp³-hybridized carbons (Fsp3) is 0.158. The average molecular weight is 431 g/mol. The van der Waals surface area contributed by atoms with Gasteiger partial charge in [-0.1, -0.05) is 21.1 Å². The zero-order valence-electron chi connectivity index (χ0n) is 13.9. The summed E-state index contributed by atoms with van der Waals surface area (Å²) < 4.78 is 17.6. The molecule has 1 heterocycles. The van der Waals surface area contributed by atoms with Gasteiger partial charge in [-0.25, -0.2) is 0 Å². The maximum atomic E-state index is 9.28. The molecule has 0 saturated carbocycles. The van der Waals surface area contributed by atoms with Gasteiger partial charge in [-0.2, -0.15) is 5.26 Å². The molecule has 0 amide bonds. The Balaban J connectivity index is 1.56. The average Bonchev–Trinajstić information content (AvgIpc) is 3.10. The molecular weight excluding hydrogens is 416 g/mol. The van der Waals surface area contributed by atoms with Crippen molar-refractivity contribution < 1.29 is 14.0 Å². The van der Waals surface area contributed by atoms with E-state index in [0.29, 0.717) is 29.6 Å². The minimum Gasteiger partial charge on any atom is -0.490 e. The van der Waals surface area contributed by atoms with Gasteiger partial charge >= 0.3 is 0 Å². The largest absolute Gasteiger partial charge is 0.490 e. The molecule has 0 bridgehead atoms. The molecule has 2 aromatic carbocycles. The highest BCUT2D eigenvalue weighted by molar-refractivity contribution is 9.10. The molecular formula is C19H15BrN2O3S. The van der Waals surface area contributed by atoms with Crippen molar-refractivity contribution in [2.75, 3.05) is 19.5 Å². The van der Waals surface area contributed by atoms with Crippen LogP contribution in [-0.2, 0) is 0 Å². The highest BCUT2D eigenvalue weighted by atomic mass is 79.9. The lowest BCUT2D eigenvalue weighted by Gasteiger charge is -2.08. The molecule has 0 fully saturated rings. The van der Waals surface area contributed by atoms with Crippen molar-refractivity contribution in [3.63, 3.8) is 0 Å². The first-order valence-corrected chi connectivity index (χ1v) is 9.78. The summed E-state index contributed by atoms with van der Waals surface area (Å²) in [5, 5.41) is 13.8. The first kappa shape index (κ1) is 18.4. The number of rotatable bonds is 7. The Labute approximate surface area is 164 Å². The van der Waals surface area contributed by atoms with Crippen LogP contribution in [0.2, 0.25) is 0 Å². The predicted molar refractivity (Wildman–Crippen MR) is 104 cm³/mol. The second-order valence-corrected chi connectivity index (χ2v) is 6.89. The summed E-state index contributed by atoms with van der Waals surface area (Å²) in [6.45, 7) is 0.874. The van der Waals surface area contributed by atoms with Gasteiger partial charge in [-0.3, -0.25) is 0 Å². The van der Waals surface area contributed by atoms with E-state index in [1.807, 2.05) is 54.8 Å². The van der Waals surface area contributed by atoms with Crippen LogP contribution in [0.4, 0.5) is 0 Å². The van der Waals surface area contributed by atoms with Gasteiger partial charge in [0, 0.05) is 10.0 Å². The summed E-state index contributed by atoms with van der Waals surface area (Å²) >= 11 is 4.77. The molecule has 132 valence electrons. The predicted octanol–water partition coefficient (Wildman–Crippen LogP) is 5.16. The minimum absolute atomic E-state index is 0.428. The van der Waals surface area contributed by atoms with Crippen LogP contribution in [0.15, 0.2) is 62.6 Å². The molecule has 0 aliphatic rings. The summed E-state index contributed by atoms with van der Waals surface area (Å²) in [4.78, 5) is 0. The van der Waals surface area contributed by atoms with Gasteiger partial charge in [0.05, 0.1) is 0 Å². The Morgan fingerprint density at radius 1 is 1.04 bits per heavy atom. The Hall–Kier alpha value is -2.43. The van der Waals surface area contributed by atoms with Crippen molar-refractivity contribution in [3.8, 4) is 28.9 Å². The standard InChI is InChI=1S/C19H15BrN2O3S/c1-26-19-17(12-21)18(25-22-19)13-2-6-15(7-3-13)23-10-11-24-16-8-4-14(20)5-9-16/h2-9H,10-11H2,1H3. The molecule has 3 rings (SSSR count). The molecule has 0 aliphatic heterocycles. The molecule has 0 unspecified atom stereocenters. The van der Waals surface area contributed by atoms with E-state index in [9.17, 15) is 5.26 Å². The van der Waals surface area contributed by atoms with Crippen LogP contribution >= 0.6 is 27.7 Å². The van der Waals surface area contributed by atoms with Gasteiger partial charge in [0.25, 0.3) is 0 Å². The fourth-order valence-corrected chi connectivity index (χ4v) is 2.98. The van der Waals surface area contributed by atoms with Crippen LogP contribution < -0.4 is 9.47 Å². The highest BCUT2D eigenvalue weighted by Gasteiger charge is 2.16. The number of halogens is 1. The number of aromatic nitrogens is 1. The van der Waals surface area contributed by atoms with Gasteiger partial charge in [0.15, 0.2) is 10.8 Å². The van der Waals surface area contributed by atoms with Gasteiger partial charge in [0.2, 0.25) is 0 Å². The van der Waals surface area contributed by atoms with Crippen molar-refractivity contribution >= 4 is 27.7 Å². The van der Waals surface area contributed by atoms with Crippen molar-refractivity contribution in [1.29, 1.82) is 5.26 Å². The van der Waals surface area contributed by atoms with Gasteiger partial charge in [-0.05, 0) is 54.8 Å². The first-order chi connectivity index (χ1) is 12.7. The normalized spacial score (nSPS) is 10.3. The SMILES string of the molecule is CSc1noc(-c2ccc(OCCOc3ccc(Br)cc3)cc2)c1C#N. The fourth-order valence-electron chi connectivity index (χ4n) is 2.26. The third-order valence-corrected chi connectivity index (χ3v) is 4.71. The van der Waals surface area contributed by atoms with Gasteiger partial charge in [0.1, 0.15) is 36.3 Å². The van der Waals surface area contributed by atoms with Crippen LogP contribution in [0.1, 0.15) is 5.56 Å². The third-order valence-electron chi connectivity index (χ3n) is 3.52. The zero-order valence-corrected chi connectivity index (χ0v) is 16.3. The summed E-state index contributed by atoms with van der Waals surface area (Å²) in [6, 6.07) is 17.1. The minimum atomic E-state index is 0.428. The number of benzene rings is 2. The molecule has 0 radical (unpaired) electrons. The summed E-state index contributed by atoms with van der Waals surface area (Å²) in [7, 11) is 0. The maximum Gasteiger partial charge on any atom is 0.185 e. The van der Waals surface area contributed by atoms with E-state index in [-0.39, 0.29) is 0 Å². The second-order valence-electron chi connectivity index (χ2n) is 5.18. The smallest absolute Gasteiger partial charge is 0.185 e. The quantitative estimate of drug-likeness (QED) is 0.381. The molecule has 0 saturated heterocycles. The highest BCUT2D eigenvalue weighted by Crippen LogP contribution is 2.31. The number of thioether (sulfide) groups is 1. The van der Waals surface area contributed by atoms with E-state index in [1.165, 1.54) is 11.8 Å². The van der Waals surface area contributed by atoms with Crippen LogP contribution in [0.3, 0.4) is 0 Å². The number of nitrogens with zero attached hydrogens (tertiary/aromatic N) is 2. The topological polar surface area (TPSA) is 68.3 Å². The Bertz CT molecular complexity index is 902. The number of hydrogen-bond donors (Lipinski definition) is 0. The molecule has 0 atom stereocenters. The zero-order chi connectivity index (χ0) is 18.4. The second kappa shape index (κ2) is 8.79. The summed E-state index contributed by atoms with van der Waals surface area (Å²) in [5.41, 5.74) is 1.24. The lowest BCUT2D eigenvalue weighted by atomic mass is 10.1. The van der Waals surface area contributed by atoms with Crippen LogP contribution in [0.25, 0.3) is 11.3 Å². The molecule has 5 nitrogen and oxygen atoms in total. The van der Waals surface area contributed by atoms with E-state index in [4.69, 9.17) is 14.0 Å². The van der Waals surface area contributed by atoms with Crippen molar-refractivity contribution in [3.05, 3.63) is 58.6 Å². The molecule has 26 heavy (non-hydrogen) atoms. The molecule has 3 aromatic rings. The number of nitriles is 1. The van der Waals surface area contributed by atoms with Crippen LogP contribution in [-0.4, -0.2) is 24.6 Å². The van der Waals surface area contributed by atoms with Crippen molar-refractivity contribution in [2.24, 2.45) is 0 Å². The molecule has 0 spiro atoms. The Kier molecular flexibility index (Phi) is 6.21. The van der Waals surface area contributed by atoms with Crippen LogP contribution in [0, 0.1) is 11.3 Å². The van der Waals surface area contributed by atoms with Gasteiger partial charge in [-0.15, -0.1) is 11.8 Å². The molecule has 0 N–H and O–H groups in total. The lowest BCUT2D eigenvalue weighted by Crippen LogP contribution is -2.08. The third kappa shape index (κ3) is 4.40. The summed E-state index contributed by atoms with van der Waals surface area (Å²) in [5.74, 6) is 1.99. The first-order valence-electron chi connectivity index (χ1n) is 7.76. The van der Waals surface area contributed by atoms with E-state index < -0.39 is 0 Å². The van der Waals surface area contributed by atoms with Crippen LogP contribution in [0.5, 0.6) is 11.5 Å². The van der Waals surface area contributed by atoms with E-state index in [0.717, 1.165) is 21.5 Å². The van der Waals surface area contributed by atoms with Gasteiger partial charge < -0.3 is 14.0 Å². The monoisotopic (exact) mass is 430 g/mol. The van der Waals surface area contributed by atoms with Crippen molar-refractivity contribution in [1.82, 2.24) is 5.16 Å². The Morgan fingerprint density at radius 2 is 1.62 bits per heavy atom. The van der Waals surface area contributed by atoms with E-state index in [1.54, 1.807) is 0 Å². The number of hydrogen-bond acceptors (Lipinski definition) is 6. The molecule has 1 aromatic heterocycles. The number of ether oxygens (including phenoxy) is 2. The maximum absolute atomic E-state index is 9.28. The summed E-state index contributed by atoms with van der Waals surface area (Å²) in [6.07, 6.45) is 1.86. The lowest BCUT2D eigenvalue weighted by molar-refractivity contribution is 0.217. The Morgan fingerprint density at radius 3 is 2.15 bits per heavy atom. The molecule has 0 aliphatic carbocycles. The van der Waals surface area contributed by atoms with Crippen molar-refractivity contribution in [2.45, 2.75) is 5.03 Å². The molecule has 7 heteroatoms. The van der Waals surface area contributed by atoms with E-state index in [2.05, 4.69) is 27.2 Å². The van der Waals surface area contributed by atoms with E-state index >= 15 is 0 Å².